The van der Waals surface area contributed by atoms with Crippen LogP contribution in [0.3, 0.4) is 0 Å². The molecule has 0 unspecified atom stereocenters. The summed E-state index contributed by atoms with van der Waals surface area (Å²) in [5, 5.41) is 2.44. The van der Waals surface area contributed by atoms with Crippen molar-refractivity contribution >= 4 is 34.0 Å². The molecule has 0 saturated carbocycles. The minimum atomic E-state index is 1.03. The van der Waals surface area contributed by atoms with Crippen molar-refractivity contribution in [2.75, 3.05) is 0 Å². The molecular weight excluding hydrogens is 268 g/mol. The molecular formula is C20H16N2. The molecule has 0 saturated heterocycles. The molecule has 0 radical (unpaired) electrons. The standard InChI is InChI=1S/C20H16N2/c1-14-16(18-7-3-5-9-20(18)22-14)11-10-15-12-13-21-19-8-4-2-6-17(15)19/h2-13,22H,1H3. The van der Waals surface area contributed by atoms with E-state index in [1.165, 1.54) is 33.1 Å². The Balaban J connectivity index is 1.84. The molecule has 0 bridgehead atoms. The van der Waals surface area contributed by atoms with E-state index in [4.69, 9.17) is 0 Å². The molecule has 2 aromatic carbocycles. The lowest BCUT2D eigenvalue weighted by Crippen LogP contribution is -1.82. The van der Waals surface area contributed by atoms with Gasteiger partial charge in [-0.2, -0.15) is 0 Å². The van der Waals surface area contributed by atoms with Crippen molar-refractivity contribution in [2.45, 2.75) is 6.92 Å². The van der Waals surface area contributed by atoms with Crippen LogP contribution in [0.2, 0.25) is 0 Å². The van der Waals surface area contributed by atoms with Crippen LogP contribution < -0.4 is 0 Å². The predicted octanol–water partition coefficient (Wildman–Crippen LogP) is 5.19. The van der Waals surface area contributed by atoms with Crippen LogP contribution in [0.5, 0.6) is 0 Å². The molecule has 0 atom stereocenters. The van der Waals surface area contributed by atoms with Gasteiger partial charge < -0.3 is 4.98 Å². The third kappa shape index (κ3) is 2.09. The number of aromatic amines is 1. The molecule has 0 aliphatic heterocycles. The molecule has 0 amide bonds. The molecule has 2 aromatic heterocycles. The van der Waals surface area contributed by atoms with E-state index in [-0.39, 0.29) is 0 Å². The van der Waals surface area contributed by atoms with Crippen LogP contribution in [0.15, 0.2) is 60.8 Å². The smallest absolute Gasteiger partial charge is 0.0707 e. The summed E-state index contributed by atoms with van der Waals surface area (Å²) < 4.78 is 0. The van der Waals surface area contributed by atoms with Crippen LogP contribution in [0.4, 0.5) is 0 Å². The molecule has 0 aliphatic carbocycles. The third-order valence-corrected chi connectivity index (χ3v) is 4.06. The molecule has 4 aromatic rings. The number of H-pyrrole nitrogens is 1. The number of rotatable bonds is 2. The fourth-order valence-electron chi connectivity index (χ4n) is 2.95. The molecule has 2 nitrogen and oxygen atoms in total. The van der Waals surface area contributed by atoms with Crippen molar-refractivity contribution in [3.05, 3.63) is 77.6 Å². The lowest BCUT2D eigenvalue weighted by molar-refractivity contribution is 1.29. The Labute approximate surface area is 129 Å². The first-order chi connectivity index (χ1) is 10.8. The van der Waals surface area contributed by atoms with Gasteiger partial charge in [0.05, 0.1) is 5.52 Å². The van der Waals surface area contributed by atoms with Crippen molar-refractivity contribution in [3.8, 4) is 0 Å². The first-order valence-electron chi connectivity index (χ1n) is 7.42. The Bertz CT molecular complexity index is 988. The van der Waals surface area contributed by atoms with Crippen LogP contribution in [0.25, 0.3) is 34.0 Å². The van der Waals surface area contributed by atoms with Crippen molar-refractivity contribution in [1.29, 1.82) is 0 Å². The van der Waals surface area contributed by atoms with Crippen molar-refractivity contribution in [3.63, 3.8) is 0 Å². The van der Waals surface area contributed by atoms with E-state index in [9.17, 15) is 0 Å². The van der Waals surface area contributed by atoms with E-state index < -0.39 is 0 Å². The summed E-state index contributed by atoms with van der Waals surface area (Å²) in [5.41, 5.74) is 5.84. The second-order valence-corrected chi connectivity index (χ2v) is 5.46. The van der Waals surface area contributed by atoms with Gasteiger partial charge in [0, 0.05) is 33.7 Å². The van der Waals surface area contributed by atoms with Gasteiger partial charge in [0.1, 0.15) is 0 Å². The Kier molecular flexibility index (Phi) is 3.01. The molecule has 22 heavy (non-hydrogen) atoms. The zero-order chi connectivity index (χ0) is 14.9. The van der Waals surface area contributed by atoms with Gasteiger partial charge >= 0.3 is 0 Å². The summed E-state index contributed by atoms with van der Waals surface area (Å²) in [7, 11) is 0. The number of hydrogen-bond donors (Lipinski definition) is 1. The molecule has 106 valence electrons. The first-order valence-corrected chi connectivity index (χ1v) is 7.42. The van der Waals surface area contributed by atoms with Gasteiger partial charge in [0.15, 0.2) is 0 Å². The molecule has 1 N–H and O–H groups in total. The Morgan fingerprint density at radius 1 is 0.864 bits per heavy atom. The molecule has 0 spiro atoms. The highest BCUT2D eigenvalue weighted by Crippen LogP contribution is 2.25. The quantitative estimate of drug-likeness (QED) is 0.539. The summed E-state index contributed by atoms with van der Waals surface area (Å²) >= 11 is 0. The number of aromatic nitrogens is 2. The number of nitrogens with one attached hydrogen (secondary N) is 1. The molecule has 2 heterocycles. The highest BCUT2D eigenvalue weighted by molar-refractivity contribution is 5.96. The summed E-state index contributed by atoms with van der Waals surface area (Å²) in [6.07, 6.45) is 6.23. The number of hydrogen-bond acceptors (Lipinski definition) is 1. The van der Waals surface area contributed by atoms with Crippen molar-refractivity contribution in [2.24, 2.45) is 0 Å². The Hall–Kier alpha value is -2.87. The van der Waals surface area contributed by atoms with Crippen LogP contribution in [-0.2, 0) is 0 Å². The Morgan fingerprint density at radius 2 is 1.64 bits per heavy atom. The summed E-state index contributed by atoms with van der Waals surface area (Å²) in [6.45, 7) is 2.12. The molecule has 2 heteroatoms. The van der Waals surface area contributed by atoms with Gasteiger partial charge in [-0.25, -0.2) is 0 Å². The van der Waals surface area contributed by atoms with Crippen molar-refractivity contribution < 1.29 is 0 Å². The third-order valence-electron chi connectivity index (χ3n) is 4.06. The van der Waals surface area contributed by atoms with E-state index in [1.54, 1.807) is 0 Å². The zero-order valence-corrected chi connectivity index (χ0v) is 12.4. The second kappa shape index (κ2) is 5.15. The fraction of sp³-hybridized carbons (Fsp3) is 0.0500. The first kappa shape index (κ1) is 12.8. The number of pyridine rings is 1. The number of benzene rings is 2. The summed E-state index contributed by atoms with van der Waals surface area (Å²) in [4.78, 5) is 7.85. The van der Waals surface area contributed by atoms with Crippen LogP contribution in [-0.4, -0.2) is 9.97 Å². The maximum atomic E-state index is 4.41. The van der Waals surface area contributed by atoms with Gasteiger partial charge in [-0.05, 0) is 30.7 Å². The fourth-order valence-corrected chi connectivity index (χ4v) is 2.95. The molecule has 0 fully saturated rings. The second-order valence-electron chi connectivity index (χ2n) is 5.46. The highest BCUT2D eigenvalue weighted by atomic mass is 14.7. The Morgan fingerprint density at radius 3 is 2.55 bits per heavy atom. The molecule has 0 aliphatic rings. The van der Waals surface area contributed by atoms with Crippen LogP contribution >= 0.6 is 0 Å². The normalized spacial score (nSPS) is 11.7. The monoisotopic (exact) mass is 284 g/mol. The van der Waals surface area contributed by atoms with Crippen LogP contribution in [0, 0.1) is 6.92 Å². The number of nitrogens with zero attached hydrogens (tertiary/aromatic N) is 1. The van der Waals surface area contributed by atoms with E-state index in [0.717, 1.165) is 5.52 Å². The maximum absolute atomic E-state index is 4.41. The lowest BCUT2D eigenvalue weighted by atomic mass is 10.1. The number of fused-ring (bicyclic) bond motifs is 2. The minimum Gasteiger partial charge on any atom is -0.358 e. The number of para-hydroxylation sites is 2. The van der Waals surface area contributed by atoms with Gasteiger partial charge in [-0.15, -0.1) is 0 Å². The van der Waals surface area contributed by atoms with Gasteiger partial charge in [-0.3, -0.25) is 4.98 Å². The van der Waals surface area contributed by atoms with E-state index in [0.29, 0.717) is 0 Å². The average Bonchev–Trinajstić information content (AvgIpc) is 2.88. The highest BCUT2D eigenvalue weighted by Gasteiger charge is 2.05. The average molecular weight is 284 g/mol. The summed E-state index contributed by atoms with van der Waals surface area (Å²) in [5.74, 6) is 0. The molecule has 4 rings (SSSR count). The van der Waals surface area contributed by atoms with E-state index in [1.807, 2.05) is 18.3 Å². The van der Waals surface area contributed by atoms with E-state index >= 15 is 0 Å². The lowest BCUT2D eigenvalue weighted by Gasteiger charge is -2.01. The SMILES string of the molecule is Cc1[nH]c2ccccc2c1C=Cc1ccnc2ccccc12. The van der Waals surface area contributed by atoms with Gasteiger partial charge in [0.2, 0.25) is 0 Å². The zero-order valence-electron chi connectivity index (χ0n) is 12.4. The maximum Gasteiger partial charge on any atom is 0.0707 e. The largest absolute Gasteiger partial charge is 0.358 e. The number of aryl methyl sites for hydroxylation is 1. The minimum absolute atomic E-state index is 1.03. The topological polar surface area (TPSA) is 28.7 Å². The van der Waals surface area contributed by atoms with Crippen LogP contribution in [0.1, 0.15) is 16.8 Å². The van der Waals surface area contributed by atoms with Gasteiger partial charge in [-0.1, -0.05) is 48.6 Å². The van der Waals surface area contributed by atoms with Gasteiger partial charge in [0.25, 0.3) is 0 Å². The predicted molar refractivity (Wildman–Crippen MR) is 93.7 cm³/mol. The summed E-state index contributed by atoms with van der Waals surface area (Å²) in [6, 6.07) is 18.7. The van der Waals surface area contributed by atoms with E-state index in [2.05, 4.69) is 71.5 Å². The van der Waals surface area contributed by atoms with Crippen molar-refractivity contribution in [1.82, 2.24) is 9.97 Å².